The average molecular weight is 517 g/mol. The molecule has 1 aromatic rings. The van der Waals surface area contributed by atoms with Gasteiger partial charge in [0.2, 0.25) is 11.8 Å². The lowest BCUT2D eigenvalue weighted by molar-refractivity contribution is -0.210. The molecular formula is C29H48N4O4. The predicted octanol–water partition coefficient (Wildman–Crippen LogP) is 4.77. The lowest BCUT2D eigenvalue weighted by Gasteiger charge is -2.53. The molecule has 1 aliphatic heterocycles. The molecule has 2 atom stereocenters. The molecule has 4 amide bonds. The SMILES string of the molecule is CCC[C@@H](NC(=O)N1C(=O)C(CC)(CC)[C@@H]1OCC(=O)NCCN(C(C)C)C(C)C)c1ccc(C)cc1. The number of benzene rings is 1. The minimum Gasteiger partial charge on any atom is -0.353 e. The van der Waals surface area contributed by atoms with E-state index in [9.17, 15) is 14.4 Å². The first-order chi connectivity index (χ1) is 17.5. The normalized spacial score (nSPS) is 17.8. The fourth-order valence-corrected chi connectivity index (χ4v) is 5.24. The van der Waals surface area contributed by atoms with Crippen LogP contribution in [-0.2, 0) is 14.3 Å². The fraction of sp³-hybridized carbons (Fsp3) is 0.690. The number of ether oxygens (including phenoxy) is 1. The molecule has 1 fully saturated rings. The summed E-state index contributed by atoms with van der Waals surface area (Å²) in [6.45, 7) is 17.5. The predicted molar refractivity (Wildman–Crippen MR) is 147 cm³/mol. The molecule has 8 heteroatoms. The summed E-state index contributed by atoms with van der Waals surface area (Å²) in [5, 5.41) is 5.95. The molecule has 0 bridgehead atoms. The molecular weight excluding hydrogens is 468 g/mol. The van der Waals surface area contributed by atoms with Crippen molar-refractivity contribution < 1.29 is 19.1 Å². The van der Waals surface area contributed by atoms with Gasteiger partial charge in [-0.2, -0.15) is 0 Å². The zero-order chi connectivity index (χ0) is 27.8. The summed E-state index contributed by atoms with van der Waals surface area (Å²) in [7, 11) is 0. The van der Waals surface area contributed by atoms with E-state index >= 15 is 0 Å². The van der Waals surface area contributed by atoms with Crippen molar-refractivity contribution in [2.45, 2.75) is 105 Å². The van der Waals surface area contributed by atoms with Gasteiger partial charge < -0.3 is 15.4 Å². The Morgan fingerprint density at radius 2 is 1.65 bits per heavy atom. The Kier molecular flexibility index (Phi) is 11.6. The molecule has 0 aliphatic carbocycles. The maximum atomic E-state index is 13.3. The number of nitrogens with one attached hydrogen (secondary N) is 2. The summed E-state index contributed by atoms with van der Waals surface area (Å²) < 4.78 is 5.98. The van der Waals surface area contributed by atoms with E-state index < -0.39 is 17.7 Å². The Balaban J connectivity index is 2.06. The van der Waals surface area contributed by atoms with Gasteiger partial charge >= 0.3 is 6.03 Å². The molecule has 0 spiro atoms. The van der Waals surface area contributed by atoms with Gasteiger partial charge in [0, 0.05) is 25.2 Å². The van der Waals surface area contributed by atoms with Crippen LogP contribution in [-0.4, -0.2) is 65.7 Å². The van der Waals surface area contributed by atoms with E-state index in [0.717, 1.165) is 35.4 Å². The monoisotopic (exact) mass is 516 g/mol. The summed E-state index contributed by atoms with van der Waals surface area (Å²) in [4.78, 5) is 42.6. The van der Waals surface area contributed by atoms with Crippen LogP contribution in [0, 0.1) is 12.3 Å². The van der Waals surface area contributed by atoms with Crippen molar-refractivity contribution >= 4 is 17.8 Å². The maximum absolute atomic E-state index is 13.3. The van der Waals surface area contributed by atoms with E-state index in [4.69, 9.17) is 4.74 Å². The number of β-lactam (4-membered cyclic amide) rings is 1. The van der Waals surface area contributed by atoms with Gasteiger partial charge in [0.25, 0.3) is 0 Å². The molecule has 0 aromatic heterocycles. The molecule has 2 N–H and O–H groups in total. The largest absolute Gasteiger partial charge is 0.353 e. The lowest BCUT2D eigenvalue weighted by Crippen LogP contribution is -2.72. The van der Waals surface area contributed by atoms with Crippen molar-refractivity contribution in [3.63, 3.8) is 0 Å². The first-order valence-corrected chi connectivity index (χ1v) is 13.9. The van der Waals surface area contributed by atoms with Crippen LogP contribution in [0.2, 0.25) is 0 Å². The zero-order valence-corrected chi connectivity index (χ0v) is 24.1. The topological polar surface area (TPSA) is 91.0 Å². The smallest absolute Gasteiger partial charge is 0.326 e. The molecule has 1 saturated heterocycles. The summed E-state index contributed by atoms with van der Waals surface area (Å²) in [5.41, 5.74) is 1.35. The molecule has 208 valence electrons. The van der Waals surface area contributed by atoms with E-state index in [2.05, 4.69) is 50.2 Å². The van der Waals surface area contributed by atoms with Crippen molar-refractivity contribution in [1.82, 2.24) is 20.4 Å². The second-order valence-corrected chi connectivity index (χ2v) is 10.7. The van der Waals surface area contributed by atoms with Crippen LogP contribution in [0.5, 0.6) is 0 Å². The van der Waals surface area contributed by atoms with Crippen molar-refractivity contribution in [3.05, 3.63) is 35.4 Å². The van der Waals surface area contributed by atoms with Crippen LogP contribution in [0.15, 0.2) is 24.3 Å². The van der Waals surface area contributed by atoms with Crippen molar-refractivity contribution in [2.24, 2.45) is 5.41 Å². The van der Waals surface area contributed by atoms with E-state index in [1.54, 1.807) is 0 Å². The molecule has 8 nitrogen and oxygen atoms in total. The van der Waals surface area contributed by atoms with Crippen LogP contribution < -0.4 is 10.6 Å². The Hall–Kier alpha value is -2.45. The molecule has 37 heavy (non-hydrogen) atoms. The van der Waals surface area contributed by atoms with E-state index in [0.29, 0.717) is 31.5 Å². The van der Waals surface area contributed by atoms with Crippen molar-refractivity contribution in [2.75, 3.05) is 19.7 Å². The third kappa shape index (κ3) is 7.32. The van der Waals surface area contributed by atoms with E-state index in [1.165, 1.54) is 0 Å². The highest BCUT2D eigenvalue weighted by Crippen LogP contribution is 2.46. The first-order valence-electron chi connectivity index (χ1n) is 13.9. The lowest BCUT2D eigenvalue weighted by atomic mass is 9.72. The highest BCUT2D eigenvalue weighted by atomic mass is 16.5. The Morgan fingerprint density at radius 3 is 2.16 bits per heavy atom. The number of amides is 4. The molecule has 0 unspecified atom stereocenters. The molecule has 1 aliphatic rings. The Bertz CT molecular complexity index is 888. The highest BCUT2D eigenvalue weighted by Gasteiger charge is 2.62. The van der Waals surface area contributed by atoms with Gasteiger partial charge in [0.1, 0.15) is 6.61 Å². The number of hydrogen-bond donors (Lipinski definition) is 2. The highest BCUT2D eigenvalue weighted by molar-refractivity contribution is 6.03. The van der Waals surface area contributed by atoms with Gasteiger partial charge in [-0.05, 0) is 59.4 Å². The van der Waals surface area contributed by atoms with Gasteiger partial charge in [0.05, 0.1) is 11.5 Å². The zero-order valence-electron chi connectivity index (χ0n) is 24.1. The number of urea groups is 1. The van der Waals surface area contributed by atoms with Crippen molar-refractivity contribution in [1.29, 1.82) is 0 Å². The standard InChI is InChI=1S/C29H48N4O4/c1-9-12-24(23-15-13-22(8)14-16-23)31-28(36)33-26(35)29(10-2,11-3)27(33)37-19-25(34)30-17-18-32(20(4)5)21(6)7/h13-16,20-21,24,27H,9-12,17-19H2,1-8H3,(H,30,34)(H,31,36)/t24-,27+/m1/s1. The number of imide groups is 1. The summed E-state index contributed by atoms with van der Waals surface area (Å²) in [6, 6.07) is 8.13. The quantitative estimate of drug-likeness (QED) is 0.348. The summed E-state index contributed by atoms with van der Waals surface area (Å²) in [6.07, 6.45) is 1.93. The molecule has 0 saturated carbocycles. The number of rotatable bonds is 14. The second kappa shape index (κ2) is 13.9. The van der Waals surface area contributed by atoms with E-state index in [1.807, 2.05) is 45.0 Å². The Labute approximate surface area is 223 Å². The van der Waals surface area contributed by atoms with Crippen LogP contribution in [0.1, 0.15) is 91.3 Å². The number of carbonyl (C=O) groups excluding carboxylic acids is 3. The second-order valence-electron chi connectivity index (χ2n) is 10.7. The van der Waals surface area contributed by atoms with Gasteiger partial charge in [-0.15, -0.1) is 0 Å². The molecule has 1 heterocycles. The molecule has 2 rings (SSSR count). The number of likely N-dealkylation sites (tertiary alicyclic amines) is 1. The summed E-state index contributed by atoms with van der Waals surface area (Å²) in [5.74, 6) is -0.499. The number of aryl methyl sites for hydroxylation is 1. The minimum atomic E-state index is -0.798. The first kappa shape index (κ1) is 30.8. The number of carbonyl (C=O) groups is 3. The van der Waals surface area contributed by atoms with Crippen LogP contribution in [0.25, 0.3) is 0 Å². The van der Waals surface area contributed by atoms with Gasteiger partial charge in [0.15, 0.2) is 6.23 Å². The van der Waals surface area contributed by atoms with Gasteiger partial charge in [-0.3, -0.25) is 14.5 Å². The third-order valence-corrected chi connectivity index (χ3v) is 7.58. The van der Waals surface area contributed by atoms with E-state index in [-0.39, 0.29) is 24.5 Å². The Morgan fingerprint density at radius 1 is 1.05 bits per heavy atom. The third-order valence-electron chi connectivity index (χ3n) is 7.58. The van der Waals surface area contributed by atoms with Crippen LogP contribution in [0.3, 0.4) is 0 Å². The fourth-order valence-electron chi connectivity index (χ4n) is 5.24. The van der Waals surface area contributed by atoms with Crippen LogP contribution >= 0.6 is 0 Å². The van der Waals surface area contributed by atoms with Gasteiger partial charge in [-0.1, -0.05) is 57.0 Å². The van der Waals surface area contributed by atoms with Crippen LogP contribution in [0.4, 0.5) is 4.79 Å². The van der Waals surface area contributed by atoms with Gasteiger partial charge in [-0.25, -0.2) is 9.69 Å². The minimum absolute atomic E-state index is 0.205. The maximum Gasteiger partial charge on any atom is 0.326 e. The molecule has 0 radical (unpaired) electrons. The number of hydrogen-bond acceptors (Lipinski definition) is 5. The molecule has 1 aromatic carbocycles. The summed E-state index contributed by atoms with van der Waals surface area (Å²) >= 11 is 0. The number of nitrogens with zero attached hydrogens (tertiary/aromatic N) is 2. The van der Waals surface area contributed by atoms with Crippen molar-refractivity contribution in [3.8, 4) is 0 Å². The average Bonchev–Trinajstić information content (AvgIpc) is 2.84.